The van der Waals surface area contributed by atoms with E-state index in [0.717, 1.165) is 24.3 Å². The van der Waals surface area contributed by atoms with Gasteiger partial charge >= 0.3 is 6.03 Å². The molecule has 3 N–H and O–H groups in total. The van der Waals surface area contributed by atoms with Gasteiger partial charge in [0.25, 0.3) is 0 Å². The van der Waals surface area contributed by atoms with Gasteiger partial charge in [0.15, 0.2) is 5.82 Å². The van der Waals surface area contributed by atoms with Gasteiger partial charge in [-0.15, -0.1) is 12.8 Å². The van der Waals surface area contributed by atoms with E-state index in [1.807, 2.05) is 30.6 Å². The molecule has 0 radical (unpaired) electrons. The summed E-state index contributed by atoms with van der Waals surface area (Å²) in [5.41, 5.74) is 1.39. The average Bonchev–Trinajstić information content (AvgIpc) is 3.28. The first-order chi connectivity index (χ1) is 14.9. The Bertz CT molecular complexity index is 938. The zero-order valence-corrected chi connectivity index (χ0v) is 18.5. The van der Waals surface area contributed by atoms with E-state index in [1.165, 1.54) is 0 Å². The first-order valence-electron chi connectivity index (χ1n) is 10.3. The van der Waals surface area contributed by atoms with Crippen LogP contribution in [0.1, 0.15) is 39.0 Å². The van der Waals surface area contributed by atoms with Gasteiger partial charge in [0.05, 0.1) is 24.4 Å². The van der Waals surface area contributed by atoms with Crippen molar-refractivity contribution in [2.24, 2.45) is 0 Å². The lowest BCUT2D eigenvalue weighted by Gasteiger charge is -2.40. The Morgan fingerprint density at radius 1 is 1.42 bits per heavy atom. The summed E-state index contributed by atoms with van der Waals surface area (Å²) < 4.78 is 5.43. The van der Waals surface area contributed by atoms with Crippen molar-refractivity contribution in [3.05, 3.63) is 23.5 Å². The van der Waals surface area contributed by atoms with Gasteiger partial charge in [0.1, 0.15) is 0 Å². The Morgan fingerprint density at radius 2 is 2.19 bits per heavy atom. The van der Waals surface area contributed by atoms with E-state index in [0.29, 0.717) is 37.3 Å². The van der Waals surface area contributed by atoms with Crippen molar-refractivity contribution in [1.82, 2.24) is 35.3 Å². The number of carbonyl (C=O) groups excluding carboxylic acids is 1. The molecule has 0 saturated carbocycles. The number of hydrogen-bond acceptors (Lipinski definition) is 7. The number of urea groups is 1. The Hall–Kier alpha value is -3.32. The Balaban J connectivity index is 0.00000132. The van der Waals surface area contributed by atoms with Crippen LogP contribution in [0.4, 0.5) is 16.6 Å². The molecule has 4 heterocycles. The van der Waals surface area contributed by atoms with E-state index in [4.69, 9.17) is 4.74 Å². The zero-order chi connectivity index (χ0) is 22.6. The predicted octanol–water partition coefficient (Wildman–Crippen LogP) is 2.06. The monoisotopic (exact) mass is 426 g/mol. The van der Waals surface area contributed by atoms with Crippen LogP contribution in [0.25, 0.3) is 0 Å². The molecule has 1 fully saturated rings. The van der Waals surface area contributed by atoms with Gasteiger partial charge in [0, 0.05) is 43.5 Å². The van der Waals surface area contributed by atoms with Crippen molar-refractivity contribution in [3.8, 4) is 18.7 Å². The molecule has 0 unspecified atom stereocenters. The quantitative estimate of drug-likeness (QED) is 0.642. The maximum Gasteiger partial charge on any atom is 0.321 e. The van der Waals surface area contributed by atoms with Crippen molar-refractivity contribution in [1.29, 1.82) is 0 Å². The van der Waals surface area contributed by atoms with Gasteiger partial charge in [-0.3, -0.25) is 5.10 Å². The number of anilines is 2. The second kappa shape index (κ2) is 9.22. The molecule has 1 atom stereocenters. The van der Waals surface area contributed by atoms with E-state index in [1.54, 1.807) is 12.3 Å². The number of nitrogens with one attached hydrogen (secondary N) is 3. The maximum absolute atomic E-state index is 13.3. The minimum absolute atomic E-state index is 0.0501. The largest absolute Gasteiger partial charge is 0.478 e. The van der Waals surface area contributed by atoms with Crippen molar-refractivity contribution >= 4 is 17.8 Å². The molecule has 2 aliphatic heterocycles. The van der Waals surface area contributed by atoms with E-state index in [2.05, 4.69) is 50.6 Å². The highest BCUT2D eigenvalue weighted by Gasteiger charge is 2.45. The third kappa shape index (κ3) is 4.27. The van der Waals surface area contributed by atoms with Gasteiger partial charge in [-0.25, -0.2) is 9.78 Å². The Morgan fingerprint density at radius 3 is 2.90 bits per heavy atom. The normalized spacial score (nSPS) is 19.2. The molecule has 2 aliphatic rings. The number of ether oxygens (including phenoxy) is 1. The van der Waals surface area contributed by atoms with Gasteiger partial charge in [0.2, 0.25) is 11.8 Å². The Labute approximate surface area is 182 Å². The summed E-state index contributed by atoms with van der Waals surface area (Å²) in [4.78, 5) is 25.7. The van der Waals surface area contributed by atoms with E-state index >= 15 is 0 Å². The summed E-state index contributed by atoms with van der Waals surface area (Å²) in [5, 5.41) is 14.0. The number of nitrogens with zero attached hydrogens (tertiary/aromatic N) is 5. The minimum Gasteiger partial charge on any atom is -0.478 e. The molecule has 2 aromatic heterocycles. The highest BCUT2D eigenvalue weighted by Crippen LogP contribution is 2.41. The van der Waals surface area contributed by atoms with Gasteiger partial charge in [-0.1, -0.05) is 0 Å². The topological polar surface area (TPSA) is 111 Å². The summed E-state index contributed by atoms with van der Waals surface area (Å²) in [6.07, 6.45) is 9.64. The number of hydrogen-bond donors (Lipinski definition) is 3. The lowest BCUT2D eigenvalue weighted by molar-refractivity contribution is 0.0879. The predicted molar refractivity (Wildman–Crippen MR) is 118 cm³/mol. The summed E-state index contributed by atoms with van der Waals surface area (Å²) in [6, 6.07) is 1.92. The second-order valence-electron chi connectivity index (χ2n) is 7.88. The highest BCUT2D eigenvalue weighted by atomic mass is 16.5. The summed E-state index contributed by atoms with van der Waals surface area (Å²) in [7, 11) is 0. The molecule has 10 heteroatoms. The van der Waals surface area contributed by atoms with E-state index in [-0.39, 0.29) is 12.1 Å². The molecular formula is C21H30N8O2. The molecule has 2 amide bonds. The highest BCUT2D eigenvalue weighted by molar-refractivity contribution is 5.78. The van der Waals surface area contributed by atoms with Crippen LogP contribution in [0.5, 0.6) is 5.88 Å². The van der Waals surface area contributed by atoms with Gasteiger partial charge in [-0.05, 0) is 27.7 Å². The number of aromatic amines is 1. The number of rotatable bonds is 4. The van der Waals surface area contributed by atoms with Crippen LogP contribution in [0, 0.1) is 12.8 Å². The molecule has 10 nitrogen and oxygen atoms in total. The van der Waals surface area contributed by atoms with Crippen molar-refractivity contribution in [3.63, 3.8) is 0 Å². The van der Waals surface area contributed by atoms with Crippen LogP contribution in [-0.2, 0) is 12.1 Å². The molecule has 1 saturated heterocycles. The second-order valence-corrected chi connectivity index (χ2v) is 7.88. The smallest absolute Gasteiger partial charge is 0.321 e. The number of fused-ring (bicyclic) bond motifs is 1. The number of H-pyrrole nitrogens is 1. The summed E-state index contributed by atoms with van der Waals surface area (Å²) in [6.45, 7) is 11.4. The van der Waals surface area contributed by atoms with E-state index in [9.17, 15) is 4.79 Å². The molecule has 166 valence electrons. The summed E-state index contributed by atoms with van der Waals surface area (Å²) in [5.74, 6) is 1.54. The lowest BCUT2D eigenvalue weighted by atomic mass is 10.0. The molecule has 4 rings (SSSR count). The van der Waals surface area contributed by atoms with Crippen molar-refractivity contribution in [2.45, 2.75) is 45.8 Å². The molecule has 0 aromatic carbocycles. The van der Waals surface area contributed by atoms with Crippen LogP contribution < -0.4 is 15.4 Å². The third-order valence-electron chi connectivity index (χ3n) is 5.60. The first kappa shape index (κ1) is 22.4. The molecule has 0 aliphatic carbocycles. The van der Waals surface area contributed by atoms with Crippen molar-refractivity contribution in [2.75, 3.05) is 31.6 Å². The molecule has 0 spiro atoms. The zero-order valence-electron chi connectivity index (χ0n) is 18.5. The fraction of sp³-hybridized carbons (Fsp3) is 0.524. The average molecular weight is 427 g/mol. The van der Waals surface area contributed by atoms with Gasteiger partial charge in [-0.2, -0.15) is 10.1 Å². The molecule has 0 bridgehead atoms. The van der Waals surface area contributed by atoms with E-state index < -0.39 is 5.54 Å². The first-order valence-corrected chi connectivity index (χ1v) is 10.3. The SMILES string of the molecule is C#C.CCOc1ccnc(Nc2n[nH]c3c2CN(C(=O)N2CCNC[C@@H]2C)C3(C)C)n1. The van der Waals surface area contributed by atoms with Gasteiger partial charge < -0.3 is 25.2 Å². The van der Waals surface area contributed by atoms with Crippen molar-refractivity contribution < 1.29 is 9.53 Å². The number of amides is 2. The minimum atomic E-state index is -0.488. The number of terminal acetylenes is 1. The van der Waals surface area contributed by atoms with Crippen LogP contribution in [0.3, 0.4) is 0 Å². The summed E-state index contributed by atoms with van der Waals surface area (Å²) >= 11 is 0. The fourth-order valence-corrected chi connectivity index (χ4v) is 3.94. The molecular weight excluding hydrogens is 396 g/mol. The number of piperazine rings is 1. The van der Waals surface area contributed by atoms with Crippen LogP contribution in [-0.4, -0.2) is 68.3 Å². The molecule has 2 aromatic rings. The number of aromatic nitrogens is 4. The van der Waals surface area contributed by atoms with Crippen LogP contribution in [0.2, 0.25) is 0 Å². The Kier molecular flexibility index (Phi) is 6.65. The van der Waals surface area contributed by atoms with Crippen LogP contribution in [0.15, 0.2) is 12.3 Å². The van der Waals surface area contributed by atoms with Crippen LogP contribution >= 0.6 is 0 Å². The molecule has 31 heavy (non-hydrogen) atoms. The fourth-order valence-electron chi connectivity index (χ4n) is 3.94. The third-order valence-corrected chi connectivity index (χ3v) is 5.60. The maximum atomic E-state index is 13.3. The number of carbonyl (C=O) groups is 1. The standard InChI is InChI=1S/C19H28N8O2.C2H2/c1-5-29-14-6-7-21-17(22-14)23-16-13-11-27(19(3,4)15(13)24-25-16)18(28)26-9-8-20-10-12(26)2;1-2/h6-7,12,20H,5,8-11H2,1-4H3,(H2,21,22,23,24,25);1-2H/t12-;/m0./s1. The lowest BCUT2D eigenvalue weighted by Crippen LogP contribution is -2.57.